The Kier molecular flexibility index (Phi) is 7.66. The average molecular weight is 731 g/mol. The van der Waals surface area contributed by atoms with Crippen LogP contribution in [-0.2, 0) is 26.1 Å². The van der Waals surface area contributed by atoms with E-state index in [0.29, 0.717) is 12.0 Å². The highest BCUT2D eigenvalue weighted by Crippen LogP contribution is 2.69. The van der Waals surface area contributed by atoms with Crippen LogP contribution in [0, 0.1) is 11.3 Å². The van der Waals surface area contributed by atoms with Crippen molar-refractivity contribution in [2.75, 3.05) is 0 Å². The molecule has 0 aromatic heterocycles. The lowest BCUT2D eigenvalue weighted by molar-refractivity contribution is -0.382. The Balaban J connectivity index is 1.28. The van der Waals surface area contributed by atoms with E-state index in [1.165, 1.54) is 6.07 Å². The van der Waals surface area contributed by atoms with E-state index in [4.69, 9.17) is 4.74 Å². The molecule has 6 rings (SSSR count). The van der Waals surface area contributed by atoms with Gasteiger partial charge in [0.15, 0.2) is 0 Å². The fourth-order valence-corrected chi connectivity index (χ4v) is 12.2. The van der Waals surface area contributed by atoms with Crippen molar-refractivity contribution < 1.29 is 66.8 Å². The van der Waals surface area contributed by atoms with Crippen LogP contribution >= 0.6 is 0 Å². The van der Waals surface area contributed by atoms with E-state index in [-0.39, 0.29) is 36.2 Å². The molecule has 0 radical (unpaired) electrons. The molecule has 6 nitrogen and oxygen atoms in total. The normalized spacial score (nSPS) is 32.4. The van der Waals surface area contributed by atoms with Gasteiger partial charge in [0.1, 0.15) is 23.2 Å². The molecule has 3 aliphatic carbocycles. The van der Waals surface area contributed by atoms with Gasteiger partial charge < -0.3 is 14.0 Å². The molecular formula is C31H31F9O6SSi. The molecular weight excluding hydrogens is 699 g/mol. The van der Waals surface area contributed by atoms with Crippen molar-refractivity contribution in [1.29, 1.82) is 0 Å². The van der Waals surface area contributed by atoms with Gasteiger partial charge in [-0.15, -0.1) is 0 Å². The highest BCUT2D eigenvalue weighted by atomic mass is 32.2. The smallest absolute Gasteiger partial charge is 0.386 e. The highest BCUT2D eigenvalue weighted by Gasteiger charge is 2.86. The van der Waals surface area contributed by atoms with Crippen LogP contribution in [0.4, 0.5) is 39.5 Å². The van der Waals surface area contributed by atoms with E-state index >= 15 is 0 Å². The van der Waals surface area contributed by atoms with Crippen LogP contribution in [0.1, 0.15) is 43.2 Å². The summed E-state index contributed by atoms with van der Waals surface area (Å²) in [6.45, 7) is 6.02. The minimum Gasteiger partial charge on any atom is -0.386 e. The Hall–Kier alpha value is -2.63. The lowest BCUT2D eigenvalue weighted by atomic mass is 9.46. The third-order valence-electron chi connectivity index (χ3n) is 11.4. The molecule has 1 heterocycles. The largest absolute Gasteiger partial charge is 0.460 e. The maximum absolute atomic E-state index is 14.3. The third-order valence-corrected chi connectivity index (χ3v) is 16.9. The first-order valence-electron chi connectivity index (χ1n) is 15.1. The van der Waals surface area contributed by atoms with Crippen LogP contribution in [-0.4, -0.2) is 68.5 Å². The van der Waals surface area contributed by atoms with E-state index in [1.54, 1.807) is 6.92 Å². The number of aryl methyl sites for hydroxylation is 1. The van der Waals surface area contributed by atoms with E-state index in [9.17, 15) is 57.8 Å². The van der Waals surface area contributed by atoms with E-state index < -0.39 is 82.3 Å². The Morgan fingerprint density at radius 2 is 1.58 bits per heavy atom. The number of alkyl halides is 9. The molecule has 1 aliphatic heterocycles. The topological polar surface area (TPSA) is 93.2 Å². The van der Waals surface area contributed by atoms with Gasteiger partial charge in [0.25, 0.3) is 0 Å². The number of carbonyl (C=O) groups excluding carboxylic acids is 1. The monoisotopic (exact) mass is 730 g/mol. The molecule has 2 saturated carbocycles. The zero-order valence-electron chi connectivity index (χ0n) is 25.6. The maximum atomic E-state index is 14.3. The Labute approximate surface area is 270 Å². The van der Waals surface area contributed by atoms with Gasteiger partial charge in [0, 0.05) is 12.3 Å². The van der Waals surface area contributed by atoms with Gasteiger partial charge >= 0.3 is 33.4 Å². The van der Waals surface area contributed by atoms with Crippen molar-refractivity contribution in [1.82, 2.24) is 0 Å². The Morgan fingerprint density at radius 1 is 0.958 bits per heavy atom. The number of aliphatic hydroxyl groups is 1. The predicted octanol–water partition coefficient (Wildman–Crippen LogP) is 6.33. The molecule has 48 heavy (non-hydrogen) atoms. The number of benzene rings is 2. The summed E-state index contributed by atoms with van der Waals surface area (Å²) in [7, 11) is -9.36. The third kappa shape index (κ3) is 4.58. The van der Waals surface area contributed by atoms with E-state index in [1.807, 2.05) is 30.3 Å². The molecule has 2 aromatic carbocycles. The predicted molar refractivity (Wildman–Crippen MR) is 155 cm³/mol. The number of Topliss-reactive ketones (excluding diaryl/α,β-unsaturated/α-hetero) is 1. The SMILES string of the molecule is C[C@]12C(=O)C[C@H]([Si](C)(C)c3ccccc3)C[C@]1(O)[C@H]1O[C@H]1[C@H]1c3ccc(OS(=O)(=O)C(F)(F)C(F)(F)C(F)(F)C(F)(F)F)cc3CC[C@@H]12. The van der Waals surface area contributed by atoms with Gasteiger partial charge in [-0.3, -0.25) is 4.79 Å². The van der Waals surface area contributed by atoms with E-state index in [0.717, 1.165) is 17.3 Å². The van der Waals surface area contributed by atoms with Crippen molar-refractivity contribution in [2.24, 2.45) is 11.3 Å². The van der Waals surface area contributed by atoms with Crippen LogP contribution in [0.25, 0.3) is 0 Å². The lowest BCUT2D eigenvalue weighted by Gasteiger charge is -2.59. The summed E-state index contributed by atoms with van der Waals surface area (Å²) >= 11 is 0. The second-order valence-electron chi connectivity index (χ2n) is 14.0. The summed E-state index contributed by atoms with van der Waals surface area (Å²) in [4.78, 5) is 14.2. The van der Waals surface area contributed by atoms with Crippen molar-refractivity contribution in [2.45, 2.75) is 98.2 Å². The minimum absolute atomic E-state index is 0.0798. The number of ketones is 1. The van der Waals surface area contributed by atoms with Crippen molar-refractivity contribution in [3.05, 3.63) is 59.7 Å². The minimum atomic E-state index is -7.42. The van der Waals surface area contributed by atoms with Crippen molar-refractivity contribution in [3.63, 3.8) is 0 Å². The molecule has 4 aliphatic rings. The average Bonchev–Trinajstić information content (AvgIpc) is 3.80. The second kappa shape index (κ2) is 10.4. The maximum Gasteiger partial charge on any atom is 0.460 e. The molecule has 1 saturated heterocycles. The quantitative estimate of drug-likeness (QED) is 0.155. The summed E-state index contributed by atoms with van der Waals surface area (Å²) in [6.07, 6.45) is -7.62. The summed E-state index contributed by atoms with van der Waals surface area (Å²) < 4.78 is 155. The number of rotatable bonds is 7. The van der Waals surface area contributed by atoms with Gasteiger partial charge in [-0.1, -0.05) is 54.7 Å². The number of ether oxygens (including phenoxy) is 1. The van der Waals surface area contributed by atoms with E-state index in [2.05, 4.69) is 17.3 Å². The second-order valence-corrected chi connectivity index (χ2v) is 20.4. The first-order chi connectivity index (χ1) is 21.9. The lowest BCUT2D eigenvalue weighted by Crippen LogP contribution is -2.68. The fraction of sp³-hybridized carbons (Fsp3) is 0.581. The Bertz CT molecular complexity index is 1750. The summed E-state index contributed by atoms with van der Waals surface area (Å²) in [5.74, 6) is -17.0. The molecule has 7 atom stereocenters. The summed E-state index contributed by atoms with van der Waals surface area (Å²) in [5.41, 5.74) is -2.07. The molecule has 1 N–H and O–H groups in total. The zero-order valence-corrected chi connectivity index (χ0v) is 27.4. The number of hydrogen-bond acceptors (Lipinski definition) is 6. The van der Waals surface area contributed by atoms with Crippen LogP contribution < -0.4 is 9.37 Å². The highest BCUT2D eigenvalue weighted by molar-refractivity contribution is 7.88. The van der Waals surface area contributed by atoms with Gasteiger partial charge in [-0.25, -0.2) is 0 Å². The molecule has 3 fully saturated rings. The first-order valence-corrected chi connectivity index (χ1v) is 19.6. The van der Waals surface area contributed by atoms with Gasteiger partial charge in [-0.2, -0.15) is 47.9 Å². The van der Waals surface area contributed by atoms with Crippen LogP contribution in [0.15, 0.2) is 48.5 Å². The fourth-order valence-electron chi connectivity index (χ4n) is 8.30. The van der Waals surface area contributed by atoms with Crippen LogP contribution in [0.3, 0.4) is 0 Å². The number of carbonyl (C=O) groups is 1. The molecule has 0 bridgehead atoms. The number of epoxide rings is 1. The number of fused-ring (bicyclic) bond motifs is 8. The molecule has 0 amide bonds. The van der Waals surface area contributed by atoms with Gasteiger partial charge in [0.2, 0.25) is 0 Å². The molecule has 264 valence electrons. The molecule has 17 heteroatoms. The van der Waals surface area contributed by atoms with Gasteiger partial charge in [-0.05, 0) is 60.9 Å². The van der Waals surface area contributed by atoms with Gasteiger partial charge in [0.05, 0.1) is 19.6 Å². The molecule has 0 unspecified atom stereocenters. The summed E-state index contributed by atoms with van der Waals surface area (Å²) in [5, 5.41) is 6.50. The first kappa shape index (κ1) is 35.2. The van der Waals surface area contributed by atoms with Crippen LogP contribution in [0.2, 0.25) is 18.6 Å². The Morgan fingerprint density at radius 3 is 2.19 bits per heavy atom. The standard InChI is InChI=1S/C31H31F9O6SSi/c1-26-21-12-9-16-13-17(46-47(43,44)31(39,40)29(34,35)28(32,33)30(36,37)38)10-11-20(16)23(21)24-25(45-24)27(26,42)15-19(14-22(26)41)48(2,3)18-7-5-4-6-8-18/h4-8,10-11,13,19,21,23-25,42H,9,12,14-15H2,1-3H3/t19-,21-,23-,24-,25-,26-,27-/m0/s1. The van der Waals surface area contributed by atoms with Crippen LogP contribution in [0.5, 0.6) is 5.75 Å². The van der Waals surface area contributed by atoms with Crippen molar-refractivity contribution >= 4 is 29.2 Å². The molecule has 0 spiro atoms. The number of hydrogen-bond donors (Lipinski definition) is 1. The van der Waals surface area contributed by atoms with Crippen molar-refractivity contribution in [3.8, 4) is 5.75 Å². The zero-order chi connectivity index (χ0) is 35.7. The summed E-state index contributed by atoms with van der Waals surface area (Å²) in [6, 6.07) is 12.7. The molecule has 2 aromatic rings. The number of halogens is 9.